The predicted molar refractivity (Wildman–Crippen MR) is 74.9 cm³/mol. The van der Waals surface area contributed by atoms with E-state index in [0.29, 0.717) is 11.2 Å². The molecule has 0 aromatic heterocycles. The molecule has 98 valence electrons. The molecule has 2 atom stereocenters. The summed E-state index contributed by atoms with van der Waals surface area (Å²) in [6, 6.07) is 6.11. The fourth-order valence-electron chi connectivity index (χ4n) is 4.81. The standard InChI is InChI=1S/C17H24O/c1-16(2)10-5-11-17(3)13-6-4-7-14(18)12(13)8-9-15(16)17/h4,6-7,15,18H,5,8-11H2,1-3H3/t15-,17+/m0/s1. The molecule has 1 nitrogen and oxygen atoms in total. The number of hydrogen-bond acceptors (Lipinski definition) is 1. The zero-order valence-electron chi connectivity index (χ0n) is 11.8. The number of hydrogen-bond donors (Lipinski definition) is 1. The lowest BCUT2D eigenvalue weighted by atomic mass is 9.50. The normalized spacial score (nSPS) is 33.6. The van der Waals surface area contributed by atoms with Crippen molar-refractivity contribution >= 4 is 0 Å². The first-order chi connectivity index (χ1) is 8.45. The first-order valence-electron chi connectivity index (χ1n) is 7.26. The minimum absolute atomic E-state index is 0.272. The number of rotatable bonds is 0. The molecular formula is C17H24O. The number of benzene rings is 1. The number of fused-ring (bicyclic) bond motifs is 3. The van der Waals surface area contributed by atoms with Crippen molar-refractivity contribution in [3.8, 4) is 5.75 Å². The Labute approximate surface area is 110 Å². The molecule has 0 bridgehead atoms. The van der Waals surface area contributed by atoms with Gasteiger partial charge >= 0.3 is 0 Å². The SMILES string of the molecule is CC1(C)CCC[C@]2(C)c3cccc(O)c3CC[C@@H]12. The number of phenolic OH excluding ortho intramolecular Hbond substituents is 1. The van der Waals surface area contributed by atoms with E-state index in [-0.39, 0.29) is 5.41 Å². The molecule has 0 radical (unpaired) electrons. The van der Waals surface area contributed by atoms with E-state index in [0.717, 1.165) is 12.3 Å². The molecule has 3 rings (SSSR count). The van der Waals surface area contributed by atoms with E-state index in [1.807, 2.05) is 12.1 Å². The lowest BCUT2D eigenvalue weighted by Crippen LogP contribution is -2.47. The van der Waals surface area contributed by atoms with Gasteiger partial charge in [0.25, 0.3) is 0 Å². The molecule has 0 heterocycles. The second-order valence-electron chi connectivity index (χ2n) is 7.15. The van der Waals surface area contributed by atoms with E-state index in [2.05, 4.69) is 26.8 Å². The molecule has 0 unspecified atom stereocenters. The van der Waals surface area contributed by atoms with E-state index in [1.165, 1.54) is 36.8 Å². The van der Waals surface area contributed by atoms with Crippen molar-refractivity contribution in [3.05, 3.63) is 29.3 Å². The largest absolute Gasteiger partial charge is 0.508 e. The van der Waals surface area contributed by atoms with Gasteiger partial charge in [0.1, 0.15) is 5.75 Å². The summed E-state index contributed by atoms with van der Waals surface area (Å²) in [5, 5.41) is 10.1. The lowest BCUT2D eigenvalue weighted by Gasteiger charge is -2.54. The highest BCUT2D eigenvalue weighted by molar-refractivity contribution is 5.46. The van der Waals surface area contributed by atoms with Gasteiger partial charge < -0.3 is 5.11 Å². The van der Waals surface area contributed by atoms with Crippen molar-refractivity contribution < 1.29 is 5.11 Å². The van der Waals surface area contributed by atoms with E-state index < -0.39 is 0 Å². The molecule has 18 heavy (non-hydrogen) atoms. The van der Waals surface area contributed by atoms with Crippen LogP contribution in [0.2, 0.25) is 0 Å². The van der Waals surface area contributed by atoms with Crippen LogP contribution < -0.4 is 0 Å². The molecule has 1 heteroatoms. The molecule has 0 saturated heterocycles. The van der Waals surface area contributed by atoms with Crippen molar-refractivity contribution in [2.75, 3.05) is 0 Å². The highest BCUT2D eigenvalue weighted by Gasteiger charge is 2.49. The molecule has 2 aliphatic rings. The van der Waals surface area contributed by atoms with Crippen LogP contribution in [-0.4, -0.2) is 5.11 Å². The first-order valence-corrected chi connectivity index (χ1v) is 7.26. The maximum Gasteiger partial charge on any atom is 0.119 e. The zero-order chi connectivity index (χ0) is 13.0. The van der Waals surface area contributed by atoms with Crippen molar-refractivity contribution in [2.24, 2.45) is 11.3 Å². The molecule has 1 aromatic rings. The highest BCUT2D eigenvalue weighted by atomic mass is 16.3. The molecule has 1 fully saturated rings. The summed E-state index contributed by atoms with van der Waals surface area (Å²) in [7, 11) is 0. The van der Waals surface area contributed by atoms with E-state index in [9.17, 15) is 5.11 Å². The molecule has 1 aromatic carbocycles. The van der Waals surface area contributed by atoms with E-state index in [1.54, 1.807) is 0 Å². The van der Waals surface area contributed by atoms with Gasteiger partial charge in [-0.3, -0.25) is 0 Å². The van der Waals surface area contributed by atoms with Gasteiger partial charge in [-0.2, -0.15) is 0 Å². The van der Waals surface area contributed by atoms with Crippen LogP contribution >= 0.6 is 0 Å². The first kappa shape index (κ1) is 12.1. The van der Waals surface area contributed by atoms with E-state index >= 15 is 0 Å². The summed E-state index contributed by atoms with van der Waals surface area (Å²) in [5.74, 6) is 1.27. The fraction of sp³-hybridized carbons (Fsp3) is 0.647. The summed E-state index contributed by atoms with van der Waals surface area (Å²) in [6.45, 7) is 7.29. The van der Waals surface area contributed by atoms with Gasteiger partial charge in [0.2, 0.25) is 0 Å². The van der Waals surface area contributed by atoms with Gasteiger partial charge in [0.15, 0.2) is 0 Å². The Hall–Kier alpha value is -0.980. The Kier molecular flexibility index (Phi) is 2.52. The van der Waals surface area contributed by atoms with Gasteiger partial charge in [-0.25, -0.2) is 0 Å². The Balaban J connectivity index is 2.14. The van der Waals surface area contributed by atoms with Crippen LogP contribution in [0.5, 0.6) is 5.75 Å². The monoisotopic (exact) mass is 244 g/mol. The topological polar surface area (TPSA) is 20.2 Å². The van der Waals surface area contributed by atoms with E-state index in [4.69, 9.17) is 0 Å². The van der Waals surface area contributed by atoms with Crippen LogP contribution in [0.15, 0.2) is 18.2 Å². The second-order valence-corrected chi connectivity index (χ2v) is 7.15. The third-order valence-electron chi connectivity index (χ3n) is 5.68. The van der Waals surface area contributed by atoms with Gasteiger partial charge in [-0.1, -0.05) is 39.3 Å². The minimum Gasteiger partial charge on any atom is -0.508 e. The zero-order valence-corrected chi connectivity index (χ0v) is 11.8. The smallest absolute Gasteiger partial charge is 0.119 e. The molecule has 0 aliphatic heterocycles. The summed E-state index contributed by atoms with van der Waals surface area (Å²) < 4.78 is 0. The van der Waals surface area contributed by atoms with Crippen molar-refractivity contribution in [2.45, 2.75) is 58.3 Å². The Morgan fingerprint density at radius 2 is 1.94 bits per heavy atom. The van der Waals surface area contributed by atoms with Gasteiger partial charge in [0, 0.05) is 0 Å². The number of aromatic hydroxyl groups is 1. The van der Waals surface area contributed by atoms with Crippen LogP contribution in [-0.2, 0) is 11.8 Å². The number of phenols is 1. The third kappa shape index (κ3) is 1.52. The molecular weight excluding hydrogens is 220 g/mol. The Bertz CT molecular complexity index is 474. The predicted octanol–water partition coefficient (Wildman–Crippen LogP) is 4.42. The van der Waals surface area contributed by atoms with Crippen LogP contribution in [0.4, 0.5) is 0 Å². The van der Waals surface area contributed by atoms with Gasteiger partial charge in [-0.15, -0.1) is 0 Å². The highest BCUT2D eigenvalue weighted by Crippen LogP contribution is 2.57. The van der Waals surface area contributed by atoms with Gasteiger partial charge in [-0.05, 0) is 59.6 Å². The van der Waals surface area contributed by atoms with Crippen molar-refractivity contribution in [1.82, 2.24) is 0 Å². The Morgan fingerprint density at radius 1 is 1.17 bits per heavy atom. The van der Waals surface area contributed by atoms with Crippen molar-refractivity contribution in [1.29, 1.82) is 0 Å². The third-order valence-corrected chi connectivity index (χ3v) is 5.68. The van der Waals surface area contributed by atoms with Crippen LogP contribution in [0.25, 0.3) is 0 Å². The maximum atomic E-state index is 10.1. The maximum absolute atomic E-state index is 10.1. The average Bonchev–Trinajstić information content (AvgIpc) is 2.29. The average molecular weight is 244 g/mol. The summed E-state index contributed by atoms with van der Waals surface area (Å²) in [4.78, 5) is 0. The molecule has 0 spiro atoms. The quantitative estimate of drug-likeness (QED) is 0.716. The van der Waals surface area contributed by atoms with Gasteiger partial charge in [0.05, 0.1) is 0 Å². The Morgan fingerprint density at radius 3 is 2.72 bits per heavy atom. The molecule has 1 saturated carbocycles. The summed E-state index contributed by atoms with van der Waals surface area (Å²) in [6.07, 6.45) is 6.22. The summed E-state index contributed by atoms with van der Waals surface area (Å²) in [5.41, 5.74) is 3.35. The van der Waals surface area contributed by atoms with Crippen LogP contribution in [0, 0.1) is 11.3 Å². The summed E-state index contributed by atoms with van der Waals surface area (Å²) >= 11 is 0. The lowest BCUT2D eigenvalue weighted by molar-refractivity contribution is 0.0402. The van der Waals surface area contributed by atoms with Crippen LogP contribution in [0.1, 0.15) is 57.6 Å². The van der Waals surface area contributed by atoms with Crippen LogP contribution in [0.3, 0.4) is 0 Å². The molecule has 2 aliphatic carbocycles. The second kappa shape index (κ2) is 3.76. The molecule has 1 N–H and O–H groups in total. The molecule has 0 amide bonds. The van der Waals surface area contributed by atoms with Crippen molar-refractivity contribution in [3.63, 3.8) is 0 Å². The fourth-order valence-corrected chi connectivity index (χ4v) is 4.81. The minimum atomic E-state index is 0.272.